The van der Waals surface area contributed by atoms with Crippen LogP contribution in [0.3, 0.4) is 0 Å². The normalized spacial score (nSPS) is 24.5. The lowest BCUT2D eigenvalue weighted by molar-refractivity contribution is -0.131. The number of hydrogen-bond acceptors (Lipinski definition) is 6. The molecule has 0 spiro atoms. The summed E-state index contributed by atoms with van der Waals surface area (Å²) in [5, 5.41) is 0.527. The summed E-state index contributed by atoms with van der Waals surface area (Å²) in [5.41, 5.74) is 4.58. The summed E-state index contributed by atoms with van der Waals surface area (Å²) in [5.74, 6) is -0.560. The van der Waals surface area contributed by atoms with Crippen LogP contribution >= 0.6 is 0 Å². The van der Waals surface area contributed by atoms with Crippen molar-refractivity contribution in [2.75, 3.05) is 51.3 Å². The van der Waals surface area contributed by atoms with E-state index in [1.807, 2.05) is 17.0 Å². The minimum Gasteiger partial charge on any atom is -0.462 e. The maximum absolute atomic E-state index is 16.1. The summed E-state index contributed by atoms with van der Waals surface area (Å²) < 4.78 is 36.0. The van der Waals surface area contributed by atoms with Crippen LogP contribution in [0.1, 0.15) is 36.3 Å². The second-order valence-corrected chi connectivity index (χ2v) is 12.3. The minimum absolute atomic E-state index is 0.00427. The van der Waals surface area contributed by atoms with E-state index in [-0.39, 0.29) is 37.5 Å². The van der Waals surface area contributed by atoms with E-state index in [0.717, 1.165) is 37.8 Å². The molecule has 8 nitrogen and oxygen atoms in total. The molecule has 4 aliphatic rings. The van der Waals surface area contributed by atoms with Crippen LogP contribution in [-0.4, -0.2) is 84.1 Å². The Morgan fingerprint density at radius 3 is 2.81 bits per heavy atom. The monoisotopic (exact) mass is 584 g/mol. The standard InChI is InChI=1S/C33H34F2N6O2/c1-19(34)32(42)41-11-10-40(17-23(41)16-36-2)31-27-14-28(35)26(24-8-4-6-20-12-21-13-25(21)30(20)24)15-29(27)37-33(38-31)43-18-22-7-5-9-39(22)3/h4,6,8,14-15,21-23,25H,1,5,7,9-13,16-18H2,3H3/t21-,22+,23+,25+/m1/s1. The second-order valence-electron chi connectivity index (χ2n) is 12.3. The minimum atomic E-state index is -1.05. The molecule has 7 rings (SSSR count). The van der Waals surface area contributed by atoms with Gasteiger partial charge in [0.05, 0.1) is 5.52 Å². The number of anilines is 1. The zero-order valence-corrected chi connectivity index (χ0v) is 24.2. The SMILES string of the molecule is [C-]#[N+]C[C@H]1CN(c2nc(OC[C@@H]3CCCN3C)nc3cc(-c4cccc5c4[C@H]4C[C@H]4C5)c(F)cc23)CCN1C(=O)C(=C)F. The molecule has 3 aromatic rings. The van der Waals surface area contributed by atoms with Crippen LogP contribution in [0.2, 0.25) is 0 Å². The highest BCUT2D eigenvalue weighted by molar-refractivity contribution is 5.94. The molecular weight excluding hydrogens is 550 g/mol. The molecule has 1 saturated carbocycles. The zero-order valence-electron chi connectivity index (χ0n) is 24.2. The van der Waals surface area contributed by atoms with Crippen LogP contribution in [0.5, 0.6) is 6.01 Å². The molecule has 2 aliphatic carbocycles. The van der Waals surface area contributed by atoms with E-state index in [2.05, 4.69) is 29.4 Å². The maximum Gasteiger partial charge on any atom is 0.319 e. The molecule has 4 atom stereocenters. The van der Waals surface area contributed by atoms with Crippen molar-refractivity contribution >= 4 is 22.6 Å². The predicted octanol–water partition coefficient (Wildman–Crippen LogP) is 4.99. The number of carbonyl (C=O) groups is 1. The molecule has 3 heterocycles. The highest BCUT2D eigenvalue weighted by atomic mass is 19.1. The fourth-order valence-electron chi connectivity index (χ4n) is 7.29. The molecule has 2 aromatic carbocycles. The lowest BCUT2D eigenvalue weighted by Gasteiger charge is -2.39. The zero-order chi connectivity index (χ0) is 29.8. The smallest absolute Gasteiger partial charge is 0.319 e. The fraction of sp³-hybridized carbons (Fsp3) is 0.455. The summed E-state index contributed by atoms with van der Waals surface area (Å²) >= 11 is 0. The molecule has 10 heteroatoms. The Bertz CT molecular complexity index is 1670. The van der Waals surface area contributed by atoms with Crippen molar-refractivity contribution in [1.82, 2.24) is 19.8 Å². The summed E-state index contributed by atoms with van der Waals surface area (Å²) in [4.78, 5) is 31.1. The molecule has 43 heavy (non-hydrogen) atoms. The number of nitrogens with zero attached hydrogens (tertiary/aromatic N) is 6. The lowest BCUT2D eigenvalue weighted by atomic mass is 9.93. The van der Waals surface area contributed by atoms with Gasteiger partial charge in [0.25, 0.3) is 5.91 Å². The molecule has 1 amide bonds. The molecule has 0 unspecified atom stereocenters. The molecule has 0 radical (unpaired) electrons. The van der Waals surface area contributed by atoms with Crippen molar-refractivity contribution in [2.24, 2.45) is 5.92 Å². The van der Waals surface area contributed by atoms with E-state index in [9.17, 15) is 9.18 Å². The van der Waals surface area contributed by atoms with Gasteiger partial charge in [-0.05, 0) is 79.9 Å². The van der Waals surface area contributed by atoms with Crippen LogP contribution in [0.25, 0.3) is 26.9 Å². The number of likely N-dealkylation sites (N-methyl/N-ethyl adjacent to an activating group) is 1. The first-order valence-electron chi connectivity index (χ1n) is 15.0. The predicted molar refractivity (Wildman–Crippen MR) is 160 cm³/mol. The number of rotatable bonds is 7. The molecule has 0 bridgehead atoms. The van der Waals surface area contributed by atoms with Gasteiger partial charge >= 0.3 is 6.01 Å². The number of benzene rings is 2. The Morgan fingerprint density at radius 2 is 2.05 bits per heavy atom. The quantitative estimate of drug-likeness (QED) is 0.288. The van der Waals surface area contributed by atoms with Gasteiger partial charge < -0.3 is 24.3 Å². The highest BCUT2D eigenvalue weighted by Crippen LogP contribution is 2.58. The number of fused-ring (bicyclic) bond motifs is 4. The summed E-state index contributed by atoms with van der Waals surface area (Å²) in [7, 11) is 2.08. The number of hydrogen-bond donors (Lipinski definition) is 0. The van der Waals surface area contributed by atoms with E-state index in [1.165, 1.54) is 22.1 Å². The molecule has 1 aromatic heterocycles. The third-order valence-electron chi connectivity index (χ3n) is 9.66. The van der Waals surface area contributed by atoms with Crippen molar-refractivity contribution in [1.29, 1.82) is 0 Å². The van der Waals surface area contributed by atoms with E-state index in [0.29, 0.717) is 47.3 Å². The third-order valence-corrected chi connectivity index (χ3v) is 9.66. The molecule has 2 saturated heterocycles. The van der Waals surface area contributed by atoms with Crippen LogP contribution in [0.4, 0.5) is 14.6 Å². The topological polar surface area (TPSA) is 66.2 Å². The molecule has 2 aliphatic heterocycles. The van der Waals surface area contributed by atoms with E-state index < -0.39 is 17.8 Å². The molecular formula is C33H34F2N6O2. The van der Waals surface area contributed by atoms with Gasteiger partial charge in [0.1, 0.15) is 24.3 Å². The van der Waals surface area contributed by atoms with Gasteiger partial charge in [-0.2, -0.15) is 9.97 Å². The van der Waals surface area contributed by atoms with E-state index in [4.69, 9.17) is 21.3 Å². The maximum atomic E-state index is 16.1. The van der Waals surface area contributed by atoms with Crippen molar-refractivity contribution < 1.29 is 18.3 Å². The van der Waals surface area contributed by atoms with Gasteiger partial charge in [-0.15, -0.1) is 0 Å². The Hall–Kier alpha value is -4.10. The summed E-state index contributed by atoms with van der Waals surface area (Å²) in [6.07, 6.45) is 4.35. The number of likely N-dealkylation sites (tertiary alicyclic amines) is 1. The number of aromatic nitrogens is 2. The van der Waals surface area contributed by atoms with E-state index in [1.54, 1.807) is 6.07 Å². The Labute approximate surface area is 249 Å². The lowest BCUT2D eigenvalue weighted by Crippen LogP contribution is -2.56. The van der Waals surface area contributed by atoms with E-state index >= 15 is 4.39 Å². The third kappa shape index (κ3) is 4.99. The number of amides is 1. The number of ether oxygens (including phenoxy) is 1. The molecule has 3 fully saturated rings. The average Bonchev–Trinajstić information content (AvgIpc) is 3.47. The van der Waals surface area contributed by atoms with Crippen molar-refractivity contribution in [3.63, 3.8) is 0 Å². The Morgan fingerprint density at radius 1 is 1.19 bits per heavy atom. The van der Waals surface area contributed by atoms with Gasteiger partial charge in [0.15, 0.2) is 5.83 Å². The first-order chi connectivity index (χ1) is 20.8. The largest absolute Gasteiger partial charge is 0.462 e. The number of halogens is 2. The van der Waals surface area contributed by atoms with Gasteiger partial charge in [0, 0.05) is 36.6 Å². The van der Waals surface area contributed by atoms with Crippen LogP contribution < -0.4 is 9.64 Å². The van der Waals surface area contributed by atoms with Gasteiger partial charge in [-0.3, -0.25) is 4.79 Å². The van der Waals surface area contributed by atoms with Crippen molar-refractivity contribution in [3.05, 3.63) is 71.1 Å². The molecule has 0 N–H and O–H groups in total. The molecule has 222 valence electrons. The number of carbonyl (C=O) groups excluding carboxylic acids is 1. The van der Waals surface area contributed by atoms with Crippen molar-refractivity contribution in [2.45, 2.75) is 43.7 Å². The summed E-state index contributed by atoms with van der Waals surface area (Å²) in [6, 6.07) is 9.36. The van der Waals surface area contributed by atoms with Gasteiger partial charge in [-0.25, -0.2) is 15.4 Å². The Balaban J connectivity index is 1.29. The average molecular weight is 585 g/mol. The first-order valence-corrected chi connectivity index (χ1v) is 15.0. The Kier molecular flexibility index (Phi) is 7.01. The van der Waals surface area contributed by atoms with Crippen LogP contribution in [0, 0.1) is 18.3 Å². The van der Waals surface area contributed by atoms with Crippen molar-refractivity contribution in [3.8, 4) is 17.1 Å². The number of piperazine rings is 1. The summed E-state index contributed by atoms with van der Waals surface area (Å²) in [6.45, 7) is 12.8. The fourth-order valence-corrected chi connectivity index (χ4v) is 7.29. The van der Waals surface area contributed by atoms with Crippen LogP contribution in [-0.2, 0) is 11.2 Å². The second kappa shape index (κ2) is 10.9. The van der Waals surface area contributed by atoms with Gasteiger partial charge in [0.2, 0.25) is 6.54 Å². The first kappa shape index (κ1) is 27.7. The van der Waals surface area contributed by atoms with Gasteiger partial charge in [-0.1, -0.05) is 24.8 Å². The van der Waals surface area contributed by atoms with Crippen LogP contribution in [0.15, 0.2) is 42.7 Å². The highest BCUT2D eigenvalue weighted by Gasteiger charge is 2.46.